The number of hydrogen-bond donors (Lipinski definition) is 1. The van der Waals surface area contributed by atoms with Crippen LogP contribution < -0.4 is 5.32 Å². The largest absolute Gasteiger partial charge is 0.346 e. The second kappa shape index (κ2) is 9.02. The lowest BCUT2D eigenvalue weighted by Crippen LogP contribution is -2.49. The van der Waals surface area contributed by atoms with Crippen LogP contribution in [0.4, 0.5) is 5.69 Å². The van der Waals surface area contributed by atoms with E-state index in [9.17, 15) is 4.79 Å². The van der Waals surface area contributed by atoms with Gasteiger partial charge >= 0.3 is 0 Å². The minimum absolute atomic E-state index is 0.175. The highest BCUT2D eigenvalue weighted by Crippen LogP contribution is 2.19. The maximum atomic E-state index is 11.5. The van der Waals surface area contributed by atoms with Crippen molar-refractivity contribution >= 4 is 28.9 Å². The average molecular weight is 348 g/mol. The SMILES string of the molecule is CCCCN(C(=S)Nc1cccc(C)c1)C1CCN(C(C)=O)CC1. The van der Waals surface area contributed by atoms with E-state index in [4.69, 9.17) is 12.2 Å². The lowest BCUT2D eigenvalue weighted by Gasteiger charge is -2.39. The molecule has 5 heteroatoms. The molecular formula is C19H29N3OS. The fourth-order valence-electron chi connectivity index (χ4n) is 3.19. The van der Waals surface area contributed by atoms with E-state index in [0.717, 1.165) is 56.1 Å². The predicted octanol–water partition coefficient (Wildman–Crippen LogP) is 3.80. The van der Waals surface area contributed by atoms with Crippen molar-refractivity contribution in [2.75, 3.05) is 25.0 Å². The van der Waals surface area contributed by atoms with Gasteiger partial charge in [0.05, 0.1) is 0 Å². The second-order valence-electron chi connectivity index (χ2n) is 6.58. The molecule has 0 spiro atoms. The molecule has 1 amide bonds. The van der Waals surface area contributed by atoms with E-state index in [1.54, 1.807) is 6.92 Å². The molecule has 1 aromatic rings. The summed E-state index contributed by atoms with van der Waals surface area (Å²) in [4.78, 5) is 15.8. The van der Waals surface area contributed by atoms with Crippen LogP contribution in [0.25, 0.3) is 0 Å². The van der Waals surface area contributed by atoms with E-state index in [2.05, 4.69) is 42.3 Å². The van der Waals surface area contributed by atoms with E-state index < -0.39 is 0 Å². The molecule has 1 heterocycles. The number of nitrogens with one attached hydrogen (secondary N) is 1. The third-order valence-electron chi connectivity index (χ3n) is 4.63. The molecule has 1 aromatic carbocycles. The summed E-state index contributed by atoms with van der Waals surface area (Å²) in [5.74, 6) is 0.175. The molecule has 1 fully saturated rings. The van der Waals surface area contributed by atoms with Gasteiger partial charge in [-0.2, -0.15) is 0 Å². The Balaban J connectivity index is 2.01. The zero-order chi connectivity index (χ0) is 17.5. The van der Waals surface area contributed by atoms with Crippen molar-refractivity contribution < 1.29 is 4.79 Å². The summed E-state index contributed by atoms with van der Waals surface area (Å²) >= 11 is 5.71. The Morgan fingerprint density at radius 2 is 2.08 bits per heavy atom. The second-order valence-corrected chi connectivity index (χ2v) is 6.97. The number of likely N-dealkylation sites (tertiary alicyclic amines) is 1. The highest BCUT2D eigenvalue weighted by atomic mass is 32.1. The van der Waals surface area contributed by atoms with E-state index >= 15 is 0 Å². The zero-order valence-electron chi connectivity index (χ0n) is 15.0. The number of nitrogens with zero attached hydrogens (tertiary/aromatic N) is 2. The van der Waals surface area contributed by atoms with E-state index in [1.165, 1.54) is 5.56 Å². The molecule has 1 aliphatic rings. The topological polar surface area (TPSA) is 35.6 Å². The summed E-state index contributed by atoms with van der Waals surface area (Å²) in [6, 6.07) is 8.71. The minimum Gasteiger partial charge on any atom is -0.346 e. The third-order valence-corrected chi connectivity index (χ3v) is 4.97. The van der Waals surface area contributed by atoms with Gasteiger partial charge in [-0.05, 0) is 56.1 Å². The molecule has 132 valence electrons. The van der Waals surface area contributed by atoms with Gasteiger partial charge in [0, 0.05) is 38.3 Å². The van der Waals surface area contributed by atoms with Gasteiger partial charge < -0.3 is 15.1 Å². The maximum Gasteiger partial charge on any atom is 0.219 e. The quantitative estimate of drug-likeness (QED) is 0.822. The molecule has 0 saturated carbocycles. The highest BCUT2D eigenvalue weighted by Gasteiger charge is 2.26. The van der Waals surface area contributed by atoms with Crippen LogP contribution in [0.5, 0.6) is 0 Å². The van der Waals surface area contributed by atoms with Crippen LogP contribution in [0.3, 0.4) is 0 Å². The smallest absolute Gasteiger partial charge is 0.219 e. The molecule has 4 nitrogen and oxygen atoms in total. The van der Waals surface area contributed by atoms with E-state index in [0.29, 0.717) is 6.04 Å². The van der Waals surface area contributed by atoms with Crippen LogP contribution in [0, 0.1) is 6.92 Å². The normalized spacial score (nSPS) is 15.2. The Hall–Kier alpha value is -1.62. The summed E-state index contributed by atoms with van der Waals surface area (Å²) in [5, 5.41) is 4.20. The van der Waals surface area contributed by atoms with Crippen LogP contribution >= 0.6 is 12.2 Å². The first kappa shape index (κ1) is 18.7. The number of rotatable bonds is 5. The van der Waals surface area contributed by atoms with E-state index in [1.807, 2.05) is 11.0 Å². The first-order chi connectivity index (χ1) is 11.5. The molecule has 0 atom stereocenters. The van der Waals surface area contributed by atoms with Gasteiger partial charge in [0.15, 0.2) is 5.11 Å². The van der Waals surface area contributed by atoms with Crippen LogP contribution in [0.2, 0.25) is 0 Å². The predicted molar refractivity (Wildman–Crippen MR) is 104 cm³/mol. The van der Waals surface area contributed by atoms with Crippen molar-refractivity contribution in [3.05, 3.63) is 29.8 Å². The minimum atomic E-state index is 0.175. The molecule has 1 N–H and O–H groups in total. The maximum absolute atomic E-state index is 11.5. The molecule has 0 aromatic heterocycles. The van der Waals surface area contributed by atoms with Gasteiger partial charge in [-0.15, -0.1) is 0 Å². The first-order valence-electron chi connectivity index (χ1n) is 8.91. The molecule has 24 heavy (non-hydrogen) atoms. The molecule has 0 aliphatic carbocycles. The molecule has 0 radical (unpaired) electrons. The number of hydrogen-bond acceptors (Lipinski definition) is 2. The molecular weight excluding hydrogens is 318 g/mol. The number of thiocarbonyl (C=S) groups is 1. The third kappa shape index (κ3) is 5.20. The van der Waals surface area contributed by atoms with Gasteiger partial charge in [0.25, 0.3) is 0 Å². The Bertz CT molecular complexity index is 567. The van der Waals surface area contributed by atoms with Crippen molar-refractivity contribution in [2.45, 2.75) is 52.5 Å². The summed E-state index contributed by atoms with van der Waals surface area (Å²) in [7, 11) is 0. The van der Waals surface area contributed by atoms with Crippen LogP contribution in [-0.4, -0.2) is 46.5 Å². The average Bonchev–Trinajstić information content (AvgIpc) is 2.55. The van der Waals surface area contributed by atoms with Crippen molar-refractivity contribution in [3.63, 3.8) is 0 Å². The molecule has 0 unspecified atom stereocenters. The number of aryl methyl sites for hydroxylation is 1. The van der Waals surface area contributed by atoms with E-state index in [-0.39, 0.29) is 5.91 Å². The number of unbranched alkanes of at least 4 members (excludes halogenated alkanes) is 1. The monoisotopic (exact) mass is 347 g/mol. The lowest BCUT2D eigenvalue weighted by atomic mass is 10.0. The molecule has 2 rings (SSSR count). The van der Waals surface area contributed by atoms with Crippen molar-refractivity contribution in [1.29, 1.82) is 0 Å². The Morgan fingerprint density at radius 1 is 1.38 bits per heavy atom. The van der Waals surface area contributed by atoms with Gasteiger partial charge in [-0.3, -0.25) is 4.79 Å². The lowest BCUT2D eigenvalue weighted by molar-refractivity contribution is -0.130. The molecule has 0 bridgehead atoms. The number of carbonyl (C=O) groups is 1. The van der Waals surface area contributed by atoms with Crippen molar-refractivity contribution in [2.24, 2.45) is 0 Å². The summed E-state index contributed by atoms with van der Waals surface area (Å²) in [5.41, 5.74) is 2.26. The van der Waals surface area contributed by atoms with Gasteiger partial charge in [0.2, 0.25) is 5.91 Å². The first-order valence-corrected chi connectivity index (χ1v) is 9.32. The molecule has 1 aliphatic heterocycles. The van der Waals surface area contributed by atoms with Crippen LogP contribution in [0.1, 0.15) is 45.1 Å². The van der Waals surface area contributed by atoms with Crippen molar-refractivity contribution in [1.82, 2.24) is 9.80 Å². The number of anilines is 1. The van der Waals surface area contributed by atoms with Gasteiger partial charge in [-0.1, -0.05) is 25.5 Å². The van der Waals surface area contributed by atoms with Crippen LogP contribution in [0.15, 0.2) is 24.3 Å². The summed E-state index contributed by atoms with van der Waals surface area (Å²) in [6.45, 7) is 8.57. The van der Waals surface area contributed by atoms with Gasteiger partial charge in [0.1, 0.15) is 0 Å². The number of piperidine rings is 1. The Morgan fingerprint density at radius 3 is 2.67 bits per heavy atom. The highest BCUT2D eigenvalue weighted by molar-refractivity contribution is 7.80. The van der Waals surface area contributed by atoms with Crippen LogP contribution in [-0.2, 0) is 4.79 Å². The Labute approximate surface area is 151 Å². The standard InChI is InChI=1S/C19H29N3OS/c1-4-5-11-22(18-9-12-21(13-10-18)16(3)23)19(24)20-17-8-6-7-15(2)14-17/h6-8,14,18H,4-5,9-13H2,1-3H3,(H,20,24). The fraction of sp³-hybridized carbons (Fsp3) is 0.579. The number of carbonyl (C=O) groups excluding carboxylic acids is 1. The van der Waals surface area contributed by atoms with Gasteiger partial charge in [-0.25, -0.2) is 0 Å². The summed E-state index contributed by atoms with van der Waals surface area (Å²) < 4.78 is 0. The fourth-order valence-corrected chi connectivity index (χ4v) is 3.55. The van der Waals surface area contributed by atoms with Crippen molar-refractivity contribution in [3.8, 4) is 0 Å². The molecule has 1 saturated heterocycles. The zero-order valence-corrected chi connectivity index (χ0v) is 15.9. The number of benzene rings is 1. The number of amides is 1. The Kier molecular flexibility index (Phi) is 7.03. The summed E-state index contributed by atoms with van der Waals surface area (Å²) in [6.07, 6.45) is 4.25.